The topological polar surface area (TPSA) is 40.5 Å². The molecule has 0 saturated carbocycles. The molecule has 0 amide bonds. The highest BCUT2D eigenvalue weighted by Gasteiger charge is 2.39. The molecule has 1 fully saturated rings. The van der Waals surface area contributed by atoms with Crippen LogP contribution in [0.1, 0.15) is 31.7 Å². The molecule has 1 aromatic rings. The van der Waals surface area contributed by atoms with Crippen LogP contribution in [0.5, 0.6) is 0 Å². The van der Waals surface area contributed by atoms with Crippen LogP contribution in [0.3, 0.4) is 0 Å². The third-order valence-electron chi connectivity index (χ3n) is 3.81. The Kier molecular flexibility index (Phi) is 3.85. The van der Waals surface area contributed by atoms with Crippen molar-refractivity contribution in [3.63, 3.8) is 0 Å². The van der Waals surface area contributed by atoms with Gasteiger partial charge in [-0.2, -0.15) is 0 Å². The summed E-state index contributed by atoms with van der Waals surface area (Å²) >= 11 is 0. The molecule has 1 aliphatic rings. The maximum Gasteiger partial charge on any atom is 0.305 e. The summed E-state index contributed by atoms with van der Waals surface area (Å²) in [6.45, 7) is 3.18. The van der Waals surface area contributed by atoms with Gasteiger partial charge in [-0.3, -0.25) is 9.69 Å². The number of aliphatic carboxylic acids is 1. The van der Waals surface area contributed by atoms with Gasteiger partial charge in [-0.25, -0.2) is 8.78 Å². The van der Waals surface area contributed by atoms with E-state index >= 15 is 0 Å². The zero-order chi connectivity index (χ0) is 14.0. The molecular weight excluding hydrogens is 252 g/mol. The number of nitrogens with zero attached hydrogens (tertiary/aromatic N) is 1. The van der Waals surface area contributed by atoms with Crippen LogP contribution in [-0.2, 0) is 10.3 Å². The summed E-state index contributed by atoms with van der Waals surface area (Å²) in [4.78, 5) is 13.1. The van der Waals surface area contributed by atoms with Gasteiger partial charge in [-0.1, -0.05) is 6.07 Å². The molecule has 5 heteroatoms. The summed E-state index contributed by atoms with van der Waals surface area (Å²) in [5, 5.41) is 9.09. The van der Waals surface area contributed by atoms with Crippen molar-refractivity contribution in [2.45, 2.75) is 31.7 Å². The van der Waals surface area contributed by atoms with Crippen molar-refractivity contribution < 1.29 is 18.7 Å². The Morgan fingerprint density at radius 3 is 2.53 bits per heavy atom. The van der Waals surface area contributed by atoms with Crippen molar-refractivity contribution in [1.82, 2.24) is 4.90 Å². The lowest BCUT2D eigenvalue weighted by Crippen LogP contribution is -2.44. The summed E-state index contributed by atoms with van der Waals surface area (Å²) in [5.41, 5.74) is -0.682. The second-order valence-corrected chi connectivity index (χ2v) is 5.16. The minimum atomic E-state index is -0.988. The second-order valence-electron chi connectivity index (χ2n) is 5.16. The Balaban J connectivity index is 2.43. The second kappa shape index (κ2) is 5.25. The van der Waals surface area contributed by atoms with Crippen LogP contribution in [0.4, 0.5) is 8.78 Å². The Morgan fingerprint density at radius 1 is 1.37 bits per heavy atom. The van der Waals surface area contributed by atoms with E-state index in [-0.39, 0.29) is 12.0 Å². The predicted molar refractivity (Wildman–Crippen MR) is 66.8 cm³/mol. The van der Waals surface area contributed by atoms with E-state index in [0.29, 0.717) is 0 Å². The molecule has 1 N–H and O–H groups in total. The largest absolute Gasteiger partial charge is 0.481 e. The van der Waals surface area contributed by atoms with Gasteiger partial charge >= 0.3 is 5.97 Å². The number of carboxylic acids is 1. The smallest absolute Gasteiger partial charge is 0.305 e. The monoisotopic (exact) mass is 269 g/mol. The van der Waals surface area contributed by atoms with Crippen molar-refractivity contribution in [3.05, 3.63) is 35.4 Å². The average Bonchev–Trinajstić information content (AvgIpc) is 2.81. The van der Waals surface area contributed by atoms with Crippen molar-refractivity contribution in [2.75, 3.05) is 13.1 Å². The molecule has 1 heterocycles. The summed E-state index contributed by atoms with van der Waals surface area (Å²) < 4.78 is 27.0. The molecular formula is C14H17F2NO2. The first-order valence-corrected chi connectivity index (χ1v) is 6.36. The van der Waals surface area contributed by atoms with Crippen LogP contribution < -0.4 is 0 Å². The molecule has 104 valence electrons. The summed E-state index contributed by atoms with van der Waals surface area (Å²) in [5.74, 6) is -2.32. The van der Waals surface area contributed by atoms with Crippen LogP contribution in [0.15, 0.2) is 18.2 Å². The number of hydrogen-bond acceptors (Lipinski definition) is 2. The van der Waals surface area contributed by atoms with Crippen molar-refractivity contribution in [2.24, 2.45) is 0 Å². The van der Waals surface area contributed by atoms with Gasteiger partial charge < -0.3 is 5.11 Å². The van der Waals surface area contributed by atoms with Gasteiger partial charge in [0.1, 0.15) is 11.6 Å². The molecule has 1 unspecified atom stereocenters. The highest BCUT2D eigenvalue weighted by atomic mass is 19.1. The maximum atomic E-state index is 14.0. The van der Waals surface area contributed by atoms with Crippen molar-refractivity contribution in [3.8, 4) is 0 Å². The van der Waals surface area contributed by atoms with Gasteiger partial charge in [0.05, 0.1) is 12.0 Å². The van der Waals surface area contributed by atoms with E-state index in [1.165, 1.54) is 12.1 Å². The Bertz CT molecular complexity index is 486. The highest BCUT2D eigenvalue weighted by Crippen LogP contribution is 2.36. The van der Waals surface area contributed by atoms with Crippen LogP contribution in [0, 0.1) is 11.6 Å². The molecule has 1 atom stereocenters. The summed E-state index contributed by atoms with van der Waals surface area (Å²) in [7, 11) is 0. The average molecular weight is 269 g/mol. The van der Waals surface area contributed by atoms with E-state index in [0.717, 1.165) is 32.0 Å². The zero-order valence-electron chi connectivity index (χ0n) is 10.8. The Morgan fingerprint density at radius 2 is 2.00 bits per heavy atom. The Labute approximate surface area is 110 Å². The van der Waals surface area contributed by atoms with E-state index in [9.17, 15) is 13.6 Å². The lowest BCUT2D eigenvalue weighted by molar-refractivity contribution is -0.140. The number of halogens is 2. The van der Waals surface area contributed by atoms with Gasteiger partial charge in [0.25, 0.3) is 0 Å². The number of benzene rings is 1. The summed E-state index contributed by atoms with van der Waals surface area (Å²) in [6.07, 6.45) is 1.74. The number of hydrogen-bond donors (Lipinski definition) is 1. The van der Waals surface area contributed by atoms with Gasteiger partial charge in [0, 0.05) is 11.6 Å². The fraction of sp³-hybridized carbons (Fsp3) is 0.500. The molecule has 3 nitrogen and oxygen atoms in total. The van der Waals surface area contributed by atoms with Crippen LogP contribution in [-0.4, -0.2) is 29.1 Å². The Hall–Kier alpha value is -1.49. The maximum absolute atomic E-state index is 14.0. The van der Waals surface area contributed by atoms with Gasteiger partial charge in [0.15, 0.2) is 0 Å². The molecule has 1 aliphatic heterocycles. The molecule has 2 rings (SSSR count). The fourth-order valence-electron chi connectivity index (χ4n) is 2.81. The first-order chi connectivity index (χ1) is 8.93. The van der Waals surface area contributed by atoms with Gasteiger partial charge in [-0.05, 0) is 38.9 Å². The van der Waals surface area contributed by atoms with Crippen LogP contribution in [0.25, 0.3) is 0 Å². The number of likely N-dealkylation sites (tertiary alicyclic amines) is 1. The zero-order valence-corrected chi connectivity index (χ0v) is 10.8. The molecule has 1 saturated heterocycles. The minimum Gasteiger partial charge on any atom is -0.481 e. The van der Waals surface area contributed by atoms with E-state index in [1.54, 1.807) is 6.92 Å². The van der Waals surface area contributed by atoms with E-state index in [4.69, 9.17) is 5.11 Å². The van der Waals surface area contributed by atoms with Crippen LogP contribution >= 0.6 is 0 Å². The molecule has 0 aliphatic carbocycles. The lowest BCUT2D eigenvalue weighted by Gasteiger charge is -2.38. The lowest BCUT2D eigenvalue weighted by atomic mass is 9.86. The van der Waals surface area contributed by atoms with Crippen molar-refractivity contribution >= 4 is 5.97 Å². The molecule has 0 aromatic heterocycles. The third-order valence-corrected chi connectivity index (χ3v) is 3.81. The third kappa shape index (κ3) is 2.76. The first kappa shape index (κ1) is 13.9. The fourth-order valence-corrected chi connectivity index (χ4v) is 2.81. The number of carbonyl (C=O) groups is 1. The standard InChI is InChI=1S/C14H17F2NO2/c1-14(9-13(18)19,17-6-2-3-7-17)11-5-4-10(15)8-12(11)16/h4-5,8H,2-3,6-7,9H2,1H3,(H,18,19). The highest BCUT2D eigenvalue weighted by molar-refractivity contribution is 5.69. The number of rotatable bonds is 4. The normalized spacial score (nSPS) is 19.3. The molecule has 19 heavy (non-hydrogen) atoms. The molecule has 0 radical (unpaired) electrons. The van der Waals surface area contributed by atoms with Gasteiger partial charge in [-0.15, -0.1) is 0 Å². The molecule has 0 spiro atoms. The molecule has 1 aromatic carbocycles. The van der Waals surface area contributed by atoms with Crippen LogP contribution in [0.2, 0.25) is 0 Å². The molecule has 0 bridgehead atoms. The van der Waals surface area contributed by atoms with Gasteiger partial charge in [0.2, 0.25) is 0 Å². The quantitative estimate of drug-likeness (QED) is 0.913. The predicted octanol–water partition coefficient (Wildman–Crippen LogP) is 2.75. The van der Waals surface area contributed by atoms with Crippen molar-refractivity contribution in [1.29, 1.82) is 0 Å². The van der Waals surface area contributed by atoms with E-state index < -0.39 is 23.1 Å². The SMILES string of the molecule is CC(CC(=O)O)(c1ccc(F)cc1F)N1CCCC1. The first-order valence-electron chi connectivity index (χ1n) is 6.36. The number of carboxylic acid groups (broad SMARTS) is 1. The van der Waals surface area contributed by atoms with E-state index in [2.05, 4.69) is 0 Å². The minimum absolute atomic E-state index is 0.199. The summed E-state index contributed by atoms with van der Waals surface area (Å²) in [6, 6.07) is 3.34. The van der Waals surface area contributed by atoms with E-state index in [1.807, 2.05) is 4.90 Å².